The second-order valence-corrected chi connectivity index (χ2v) is 7.43. The van der Waals surface area contributed by atoms with Crippen LogP contribution in [0.25, 0.3) is 0 Å². The number of hydrogen-bond donors (Lipinski definition) is 1. The molecule has 27 heavy (non-hydrogen) atoms. The fraction of sp³-hybridized carbons (Fsp3) is 0.550. The number of amides is 2. The van der Waals surface area contributed by atoms with Crippen molar-refractivity contribution in [2.24, 2.45) is 0 Å². The maximum Gasteiger partial charge on any atom is 0.290 e. The number of nitrogens with one attached hydrogen (secondary N) is 1. The molecule has 7 heteroatoms. The number of piperidine rings is 1. The Morgan fingerprint density at radius 1 is 1.15 bits per heavy atom. The van der Waals surface area contributed by atoms with Gasteiger partial charge in [0.05, 0.1) is 24.5 Å². The van der Waals surface area contributed by atoms with Gasteiger partial charge in [0.15, 0.2) is 5.76 Å². The maximum absolute atomic E-state index is 12.7. The summed E-state index contributed by atoms with van der Waals surface area (Å²) >= 11 is 0. The molecule has 144 valence electrons. The Morgan fingerprint density at radius 2 is 1.96 bits per heavy atom. The predicted octanol–water partition coefficient (Wildman–Crippen LogP) is 2.90. The van der Waals surface area contributed by atoms with Crippen LogP contribution in [0.1, 0.15) is 67.2 Å². The molecule has 2 fully saturated rings. The Bertz CT molecular complexity index is 777. The first-order chi connectivity index (χ1) is 13.2. The third-order valence-electron chi connectivity index (χ3n) is 5.60. The van der Waals surface area contributed by atoms with Gasteiger partial charge in [-0.25, -0.2) is 0 Å². The number of hydrogen-bond acceptors (Lipinski definition) is 4. The van der Waals surface area contributed by atoms with Crippen LogP contribution < -0.4 is 5.32 Å². The molecule has 2 aromatic heterocycles. The van der Waals surface area contributed by atoms with Crippen LogP contribution in [0.2, 0.25) is 0 Å². The van der Waals surface area contributed by atoms with Crippen molar-refractivity contribution in [2.75, 3.05) is 6.54 Å². The summed E-state index contributed by atoms with van der Waals surface area (Å²) in [6, 6.07) is 5.34. The highest BCUT2D eigenvalue weighted by Crippen LogP contribution is 2.28. The Hall–Kier alpha value is -2.57. The Morgan fingerprint density at radius 3 is 2.74 bits per heavy atom. The zero-order valence-electron chi connectivity index (χ0n) is 15.5. The molecule has 2 aliphatic rings. The van der Waals surface area contributed by atoms with Crippen molar-refractivity contribution >= 4 is 11.8 Å². The third kappa shape index (κ3) is 3.91. The third-order valence-corrected chi connectivity index (χ3v) is 5.60. The lowest BCUT2D eigenvalue weighted by Crippen LogP contribution is -2.51. The summed E-state index contributed by atoms with van der Waals surface area (Å²) in [7, 11) is 0. The Kier molecular flexibility index (Phi) is 5.27. The Balaban J connectivity index is 1.37. The van der Waals surface area contributed by atoms with Crippen molar-refractivity contribution in [3.8, 4) is 0 Å². The molecule has 0 aromatic carbocycles. The minimum Gasteiger partial charge on any atom is -0.459 e. The molecular formula is C20H26N4O3. The monoisotopic (exact) mass is 370 g/mol. The van der Waals surface area contributed by atoms with Crippen LogP contribution in [0.5, 0.6) is 0 Å². The molecule has 1 saturated heterocycles. The number of furan rings is 1. The normalized spacial score (nSPS) is 20.7. The second-order valence-electron chi connectivity index (χ2n) is 7.43. The van der Waals surface area contributed by atoms with Gasteiger partial charge >= 0.3 is 0 Å². The van der Waals surface area contributed by atoms with E-state index >= 15 is 0 Å². The molecule has 7 nitrogen and oxygen atoms in total. The Labute approximate surface area is 158 Å². The largest absolute Gasteiger partial charge is 0.459 e. The summed E-state index contributed by atoms with van der Waals surface area (Å²) in [4.78, 5) is 27.0. The van der Waals surface area contributed by atoms with Gasteiger partial charge in [-0.05, 0) is 50.3 Å². The molecule has 0 bridgehead atoms. The van der Waals surface area contributed by atoms with Crippen molar-refractivity contribution in [3.63, 3.8) is 0 Å². The van der Waals surface area contributed by atoms with E-state index in [0.717, 1.165) is 18.5 Å². The van der Waals surface area contributed by atoms with Crippen LogP contribution in [0.4, 0.5) is 0 Å². The minimum atomic E-state index is -0.451. The van der Waals surface area contributed by atoms with E-state index in [1.54, 1.807) is 17.0 Å². The average Bonchev–Trinajstić information content (AvgIpc) is 3.47. The summed E-state index contributed by atoms with van der Waals surface area (Å²) in [6.07, 6.45) is 10.9. The average molecular weight is 370 g/mol. The molecule has 1 aliphatic heterocycles. The smallest absolute Gasteiger partial charge is 0.290 e. The fourth-order valence-electron chi connectivity index (χ4n) is 4.13. The van der Waals surface area contributed by atoms with E-state index in [1.807, 2.05) is 16.9 Å². The topological polar surface area (TPSA) is 80.4 Å². The molecule has 2 amide bonds. The van der Waals surface area contributed by atoms with Crippen LogP contribution in [0.15, 0.2) is 35.1 Å². The highest BCUT2D eigenvalue weighted by Gasteiger charge is 2.33. The first-order valence-electron chi connectivity index (χ1n) is 9.88. The molecule has 1 unspecified atom stereocenters. The number of nitrogens with zero attached hydrogens (tertiary/aromatic N) is 3. The summed E-state index contributed by atoms with van der Waals surface area (Å²) in [5.74, 6) is -0.0552. The molecule has 1 N–H and O–H groups in total. The van der Waals surface area contributed by atoms with Gasteiger partial charge in [0, 0.05) is 12.7 Å². The number of carbonyl (C=O) groups excluding carboxylic acids is 2. The molecule has 1 saturated carbocycles. The number of likely N-dealkylation sites (tertiary alicyclic amines) is 1. The van der Waals surface area contributed by atoms with Crippen LogP contribution >= 0.6 is 0 Å². The molecule has 0 radical (unpaired) electrons. The van der Waals surface area contributed by atoms with Gasteiger partial charge < -0.3 is 14.6 Å². The fourth-order valence-corrected chi connectivity index (χ4v) is 4.13. The summed E-state index contributed by atoms with van der Waals surface area (Å²) in [6.45, 7) is 0.964. The van der Waals surface area contributed by atoms with Crippen molar-refractivity contribution < 1.29 is 14.0 Å². The van der Waals surface area contributed by atoms with E-state index in [1.165, 1.54) is 31.9 Å². The first kappa shape index (κ1) is 17.8. The highest BCUT2D eigenvalue weighted by atomic mass is 16.3. The second kappa shape index (κ2) is 7.98. The lowest BCUT2D eigenvalue weighted by molar-refractivity contribution is -0.126. The van der Waals surface area contributed by atoms with E-state index in [4.69, 9.17) is 4.42 Å². The van der Waals surface area contributed by atoms with E-state index < -0.39 is 6.04 Å². The van der Waals surface area contributed by atoms with Crippen molar-refractivity contribution in [1.29, 1.82) is 0 Å². The van der Waals surface area contributed by atoms with Gasteiger partial charge in [-0.3, -0.25) is 14.3 Å². The van der Waals surface area contributed by atoms with Crippen molar-refractivity contribution in [2.45, 2.75) is 63.6 Å². The van der Waals surface area contributed by atoms with E-state index in [2.05, 4.69) is 10.4 Å². The number of rotatable bonds is 5. The molecule has 1 atom stereocenters. The van der Waals surface area contributed by atoms with Gasteiger partial charge in [0.2, 0.25) is 5.91 Å². The van der Waals surface area contributed by atoms with Crippen molar-refractivity contribution in [3.05, 3.63) is 42.1 Å². The van der Waals surface area contributed by atoms with Crippen LogP contribution in [-0.4, -0.2) is 39.1 Å². The number of aromatic nitrogens is 2. The van der Waals surface area contributed by atoms with E-state index in [9.17, 15) is 9.59 Å². The first-order valence-corrected chi connectivity index (χ1v) is 9.88. The van der Waals surface area contributed by atoms with Crippen LogP contribution in [-0.2, 0) is 11.3 Å². The minimum absolute atomic E-state index is 0.120. The zero-order valence-corrected chi connectivity index (χ0v) is 15.5. The lowest BCUT2D eigenvalue weighted by Gasteiger charge is -2.34. The van der Waals surface area contributed by atoms with E-state index in [-0.39, 0.29) is 17.6 Å². The highest BCUT2D eigenvalue weighted by molar-refractivity contribution is 5.95. The molecule has 0 spiro atoms. The van der Waals surface area contributed by atoms with Crippen LogP contribution in [0, 0.1) is 0 Å². The standard InChI is InChI=1S/C20H26N4O3/c25-19(21-14-15-10-12-24(22-15)16-6-1-2-7-16)17-8-3-4-11-23(17)20(26)18-9-5-13-27-18/h5,9-10,12-13,16-17H,1-4,6-8,11,14H2,(H,21,25). The lowest BCUT2D eigenvalue weighted by atomic mass is 10.0. The summed E-state index contributed by atoms with van der Waals surface area (Å²) < 4.78 is 7.25. The SMILES string of the molecule is O=C(NCc1ccn(C2CCCC2)n1)C1CCCCN1C(=O)c1ccco1. The predicted molar refractivity (Wildman–Crippen MR) is 99.0 cm³/mol. The van der Waals surface area contributed by atoms with Gasteiger partial charge in [0.1, 0.15) is 6.04 Å². The summed E-state index contributed by atoms with van der Waals surface area (Å²) in [5.41, 5.74) is 0.856. The van der Waals surface area contributed by atoms with Gasteiger partial charge in [-0.1, -0.05) is 12.8 Å². The molecular weight excluding hydrogens is 344 g/mol. The van der Waals surface area contributed by atoms with E-state index in [0.29, 0.717) is 25.6 Å². The van der Waals surface area contributed by atoms with Gasteiger partial charge in [0.25, 0.3) is 5.91 Å². The van der Waals surface area contributed by atoms with Crippen molar-refractivity contribution in [1.82, 2.24) is 20.0 Å². The quantitative estimate of drug-likeness (QED) is 0.877. The molecule has 4 rings (SSSR count). The number of carbonyl (C=O) groups is 2. The van der Waals surface area contributed by atoms with Crippen LogP contribution in [0.3, 0.4) is 0 Å². The summed E-state index contributed by atoms with van der Waals surface area (Å²) in [5, 5.41) is 7.57. The molecule has 3 heterocycles. The maximum atomic E-state index is 12.7. The van der Waals surface area contributed by atoms with Gasteiger partial charge in [-0.15, -0.1) is 0 Å². The molecule has 2 aromatic rings. The molecule has 1 aliphatic carbocycles. The zero-order chi connectivity index (χ0) is 18.6. The van der Waals surface area contributed by atoms with Gasteiger partial charge in [-0.2, -0.15) is 5.10 Å².